The summed E-state index contributed by atoms with van der Waals surface area (Å²) < 4.78 is 32.3. The molecule has 3 N–H and O–H groups in total. The van der Waals surface area contributed by atoms with Crippen molar-refractivity contribution in [3.05, 3.63) is 76.5 Å². The van der Waals surface area contributed by atoms with Crippen molar-refractivity contribution in [1.29, 1.82) is 0 Å². The van der Waals surface area contributed by atoms with Gasteiger partial charge in [-0.2, -0.15) is 5.10 Å². The van der Waals surface area contributed by atoms with E-state index in [4.69, 9.17) is 16.7 Å². The lowest BCUT2D eigenvalue weighted by Gasteiger charge is -2.36. The fourth-order valence-electron chi connectivity index (χ4n) is 6.40. The number of imidazole rings is 1. The van der Waals surface area contributed by atoms with Crippen LogP contribution < -0.4 is 5.32 Å². The molecular weight excluding hydrogens is 694 g/mol. The number of aryl methyl sites for hydroxylation is 1. The standard InChI is InChI=1S/C37H45ClF2N8O4/c1-5-23(13-14-45(2)3)36(51)47-15-17-48(18-16-47)37(52)26-10-9-24(20-29(26)38)43-35(50)34-41-22-31(46(34)4)27-12-11-25(32(39)33(27)40)28-21-42-44-30(28)8-6-7-19-49/h9-12,20-23,49H,5-8,13-19H2,1-4H3,(H,42,44)(H,43,50). The van der Waals surface area contributed by atoms with Crippen LogP contribution >= 0.6 is 11.6 Å². The maximum absolute atomic E-state index is 15.5. The Morgan fingerprint density at radius 3 is 2.37 bits per heavy atom. The molecule has 2 aromatic heterocycles. The van der Waals surface area contributed by atoms with E-state index >= 15 is 8.78 Å². The number of hydrogen-bond donors (Lipinski definition) is 3. The van der Waals surface area contributed by atoms with Crippen LogP contribution in [-0.2, 0) is 18.3 Å². The summed E-state index contributed by atoms with van der Waals surface area (Å²) in [6, 6.07) is 7.44. The topological polar surface area (TPSA) is 140 Å². The highest BCUT2D eigenvalue weighted by Crippen LogP contribution is 2.33. The number of carbonyl (C=O) groups excluding carboxylic acids is 3. The third kappa shape index (κ3) is 8.51. The van der Waals surface area contributed by atoms with Crippen LogP contribution in [0.15, 0.2) is 42.7 Å². The second kappa shape index (κ2) is 17.2. The minimum absolute atomic E-state index is 0.0360. The Bertz CT molecular complexity index is 1900. The number of nitrogens with one attached hydrogen (secondary N) is 2. The maximum Gasteiger partial charge on any atom is 0.291 e. The third-order valence-corrected chi connectivity index (χ3v) is 9.81. The molecule has 1 atom stereocenters. The van der Waals surface area contributed by atoms with Gasteiger partial charge in [-0.1, -0.05) is 24.6 Å². The zero-order chi connectivity index (χ0) is 37.5. The minimum atomic E-state index is -1.10. The molecule has 278 valence electrons. The molecule has 1 fully saturated rings. The zero-order valence-electron chi connectivity index (χ0n) is 29.9. The van der Waals surface area contributed by atoms with Gasteiger partial charge < -0.3 is 29.7 Å². The number of halogens is 3. The molecule has 15 heteroatoms. The van der Waals surface area contributed by atoms with Crippen molar-refractivity contribution in [1.82, 2.24) is 34.4 Å². The van der Waals surface area contributed by atoms with Crippen LogP contribution in [-0.4, -0.2) is 111 Å². The Labute approximate surface area is 306 Å². The Kier molecular flexibility index (Phi) is 12.8. The van der Waals surface area contributed by atoms with Crippen molar-refractivity contribution in [2.24, 2.45) is 13.0 Å². The second-order valence-corrected chi connectivity index (χ2v) is 13.6. The number of carbonyl (C=O) groups is 3. The number of amides is 3. The molecular formula is C37H45ClF2N8O4. The Morgan fingerprint density at radius 1 is 1.00 bits per heavy atom. The Hall–Kier alpha value is -4.66. The van der Waals surface area contributed by atoms with Crippen LogP contribution in [0.25, 0.3) is 22.4 Å². The third-order valence-electron chi connectivity index (χ3n) is 9.50. The van der Waals surface area contributed by atoms with Crippen LogP contribution in [0.2, 0.25) is 5.02 Å². The number of benzene rings is 2. The molecule has 0 spiro atoms. The van der Waals surface area contributed by atoms with Crippen LogP contribution in [0.1, 0.15) is 59.3 Å². The van der Waals surface area contributed by atoms with E-state index in [1.165, 1.54) is 48.3 Å². The highest BCUT2D eigenvalue weighted by molar-refractivity contribution is 6.34. The van der Waals surface area contributed by atoms with Gasteiger partial charge in [-0.05, 0) is 77.0 Å². The molecule has 3 amide bonds. The van der Waals surface area contributed by atoms with Crippen molar-refractivity contribution in [3.63, 3.8) is 0 Å². The second-order valence-electron chi connectivity index (χ2n) is 13.2. The van der Waals surface area contributed by atoms with Gasteiger partial charge in [0.2, 0.25) is 5.91 Å². The number of aromatic nitrogens is 4. The predicted molar refractivity (Wildman–Crippen MR) is 195 cm³/mol. The monoisotopic (exact) mass is 738 g/mol. The van der Waals surface area contributed by atoms with E-state index < -0.39 is 17.5 Å². The molecule has 0 saturated carbocycles. The number of aromatic amines is 1. The number of unbranched alkanes of at least 4 members (excludes halogenated alkanes) is 1. The van der Waals surface area contributed by atoms with Gasteiger partial charge in [0.25, 0.3) is 11.8 Å². The molecule has 1 unspecified atom stereocenters. The fraction of sp³-hybridized carbons (Fsp3) is 0.432. The van der Waals surface area contributed by atoms with Crippen molar-refractivity contribution in [2.75, 3.05) is 58.7 Å². The molecule has 3 heterocycles. The molecule has 0 aliphatic carbocycles. The average molecular weight is 739 g/mol. The smallest absolute Gasteiger partial charge is 0.291 e. The summed E-state index contributed by atoms with van der Waals surface area (Å²) in [5, 5.41) is 18.7. The summed E-state index contributed by atoms with van der Waals surface area (Å²) in [5.41, 5.74) is 1.80. The summed E-state index contributed by atoms with van der Waals surface area (Å²) >= 11 is 6.53. The van der Waals surface area contributed by atoms with E-state index in [-0.39, 0.29) is 57.6 Å². The largest absolute Gasteiger partial charge is 0.396 e. The number of hydrogen-bond acceptors (Lipinski definition) is 7. The molecule has 1 aliphatic heterocycles. The van der Waals surface area contributed by atoms with Gasteiger partial charge in [-0.25, -0.2) is 13.8 Å². The highest BCUT2D eigenvalue weighted by atomic mass is 35.5. The van der Waals surface area contributed by atoms with E-state index in [0.717, 1.165) is 19.4 Å². The lowest BCUT2D eigenvalue weighted by Crippen LogP contribution is -2.52. The quantitative estimate of drug-likeness (QED) is 0.151. The van der Waals surface area contributed by atoms with E-state index in [2.05, 4.69) is 25.4 Å². The molecule has 12 nitrogen and oxygen atoms in total. The number of anilines is 1. The lowest BCUT2D eigenvalue weighted by molar-refractivity contribution is -0.137. The Balaban J connectivity index is 1.22. The molecule has 0 radical (unpaired) electrons. The summed E-state index contributed by atoms with van der Waals surface area (Å²) in [5.74, 6) is -3.04. The number of rotatable bonds is 14. The van der Waals surface area contributed by atoms with Crippen molar-refractivity contribution >= 4 is 35.0 Å². The number of nitrogens with zero attached hydrogens (tertiary/aromatic N) is 6. The first-order chi connectivity index (χ1) is 24.9. The first-order valence-electron chi connectivity index (χ1n) is 17.4. The zero-order valence-corrected chi connectivity index (χ0v) is 30.6. The van der Waals surface area contributed by atoms with E-state index in [1.807, 2.05) is 25.9 Å². The molecule has 5 rings (SSSR count). The molecule has 1 aliphatic rings. The average Bonchev–Trinajstić information content (AvgIpc) is 3.75. The summed E-state index contributed by atoms with van der Waals surface area (Å²) in [6.07, 6.45) is 6.02. The van der Waals surface area contributed by atoms with Crippen LogP contribution in [0, 0.1) is 17.6 Å². The van der Waals surface area contributed by atoms with E-state index in [9.17, 15) is 14.4 Å². The van der Waals surface area contributed by atoms with Gasteiger partial charge in [0.15, 0.2) is 17.5 Å². The van der Waals surface area contributed by atoms with E-state index in [1.54, 1.807) is 11.0 Å². The van der Waals surface area contributed by atoms with Gasteiger partial charge in [0.05, 0.1) is 28.7 Å². The first kappa shape index (κ1) is 38.6. The van der Waals surface area contributed by atoms with Crippen molar-refractivity contribution in [3.8, 4) is 22.4 Å². The van der Waals surface area contributed by atoms with Crippen LogP contribution in [0.5, 0.6) is 0 Å². The summed E-state index contributed by atoms with van der Waals surface area (Å²) in [6.45, 7) is 4.54. The minimum Gasteiger partial charge on any atom is -0.396 e. The number of piperazine rings is 1. The normalized spacial score (nSPS) is 13.9. The molecule has 2 aromatic carbocycles. The van der Waals surface area contributed by atoms with Crippen molar-refractivity contribution < 1.29 is 28.3 Å². The number of H-pyrrole nitrogens is 1. The predicted octanol–water partition coefficient (Wildman–Crippen LogP) is 5.24. The van der Waals surface area contributed by atoms with Gasteiger partial charge in [-0.3, -0.25) is 19.5 Å². The molecule has 1 saturated heterocycles. The van der Waals surface area contributed by atoms with Crippen molar-refractivity contribution in [2.45, 2.75) is 39.0 Å². The van der Waals surface area contributed by atoms with Crippen LogP contribution in [0.4, 0.5) is 14.5 Å². The maximum atomic E-state index is 15.5. The molecule has 4 aromatic rings. The summed E-state index contributed by atoms with van der Waals surface area (Å²) in [4.78, 5) is 49.5. The molecule has 0 bridgehead atoms. The van der Waals surface area contributed by atoms with Gasteiger partial charge in [0, 0.05) is 73.8 Å². The summed E-state index contributed by atoms with van der Waals surface area (Å²) in [7, 11) is 5.49. The Morgan fingerprint density at radius 2 is 1.69 bits per heavy atom. The van der Waals surface area contributed by atoms with Gasteiger partial charge in [0.1, 0.15) is 0 Å². The molecule has 52 heavy (non-hydrogen) atoms. The SMILES string of the molecule is CCC(CCN(C)C)C(=O)N1CCN(C(=O)c2ccc(NC(=O)c3ncc(-c4ccc(-c5cn[nH]c5CCCCO)c(F)c4F)n3C)cc2Cl)CC1. The van der Waals surface area contributed by atoms with E-state index in [0.29, 0.717) is 62.4 Å². The first-order valence-corrected chi connectivity index (χ1v) is 17.8. The lowest BCUT2D eigenvalue weighted by atomic mass is 10.00. The van der Waals surface area contributed by atoms with Gasteiger partial charge in [-0.15, -0.1) is 0 Å². The fourth-order valence-corrected chi connectivity index (χ4v) is 6.66. The van der Waals surface area contributed by atoms with Crippen LogP contribution in [0.3, 0.4) is 0 Å². The number of aliphatic hydroxyl groups is 1. The van der Waals surface area contributed by atoms with Gasteiger partial charge >= 0.3 is 0 Å². The highest BCUT2D eigenvalue weighted by Gasteiger charge is 2.29. The number of aliphatic hydroxyl groups excluding tert-OH is 1.